The molecule has 1 aromatic heterocycles. The topological polar surface area (TPSA) is 107 Å². The van der Waals surface area contributed by atoms with Gasteiger partial charge in [0.25, 0.3) is 5.56 Å². The van der Waals surface area contributed by atoms with Crippen molar-refractivity contribution in [2.75, 3.05) is 28.6 Å². The van der Waals surface area contributed by atoms with Gasteiger partial charge < -0.3 is 15.5 Å². The minimum absolute atomic E-state index is 0.111. The maximum Gasteiger partial charge on any atom is 0.258 e. The smallest absolute Gasteiger partial charge is 0.258 e. The third-order valence-electron chi connectivity index (χ3n) is 5.00. The van der Waals surface area contributed by atoms with Crippen molar-refractivity contribution in [3.05, 3.63) is 46.0 Å². The lowest BCUT2D eigenvalue weighted by Crippen LogP contribution is -2.38. The van der Waals surface area contributed by atoms with Crippen LogP contribution in [0.5, 0.6) is 0 Å². The summed E-state index contributed by atoms with van der Waals surface area (Å²) in [7, 11) is 0. The molecule has 0 aliphatic carbocycles. The number of H-pyrrole nitrogens is 1. The van der Waals surface area contributed by atoms with Crippen LogP contribution in [0.1, 0.15) is 37.2 Å². The number of nitrogens with zero attached hydrogens (tertiary/aromatic N) is 2. The van der Waals surface area contributed by atoms with Crippen molar-refractivity contribution in [3.63, 3.8) is 0 Å². The Bertz CT molecular complexity index is 984. The summed E-state index contributed by atoms with van der Waals surface area (Å²) in [6, 6.07) is 5.43. The second-order valence-electron chi connectivity index (χ2n) is 7.00. The van der Waals surface area contributed by atoms with Gasteiger partial charge >= 0.3 is 0 Å². The Hall–Kier alpha value is -3.23. The van der Waals surface area contributed by atoms with Crippen molar-refractivity contribution >= 4 is 29.3 Å². The van der Waals surface area contributed by atoms with Gasteiger partial charge in [0, 0.05) is 25.2 Å². The second kappa shape index (κ2) is 7.41. The van der Waals surface area contributed by atoms with Crippen LogP contribution in [0.4, 0.5) is 21.8 Å². The first-order valence-electron chi connectivity index (χ1n) is 9.27. The van der Waals surface area contributed by atoms with E-state index in [2.05, 4.69) is 20.6 Å². The summed E-state index contributed by atoms with van der Waals surface area (Å²) in [4.78, 5) is 46.7. The van der Waals surface area contributed by atoms with E-state index in [1.165, 1.54) is 24.3 Å². The van der Waals surface area contributed by atoms with Gasteiger partial charge in [0.15, 0.2) is 0 Å². The maximum absolute atomic E-state index is 13.4. The number of halogens is 1. The van der Waals surface area contributed by atoms with Crippen LogP contribution in [-0.2, 0) is 9.59 Å². The average molecular weight is 385 g/mol. The van der Waals surface area contributed by atoms with Crippen LogP contribution in [0, 0.1) is 5.82 Å². The van der Waals surface area contributed by atoms with Gasteiger partial charge in [-0.05, 0) is 37.5 Å². The number of hydrogen-bond donors (Lipinski definition) is 3. The second-order valence-corrected chi connectivity index (χ2v) is 7.00. The molecule has 3 N–H and O–H groups in total. The summed E-state index contributed by atoms with van der Waals surface area (Å²) < 4.78 is 13.4. The van der Waals surface area contributed by atoms with Crippen LogP contribution in [-0.4, -0.2) is 34.9 Å². The quantitative estimate of drug-likeness (QED) is 0.749. The highest BCUT2D eigenvalue weighted by atomic mass is 19.1. The number of hydrogen-bond acceptors (Lipinski definition) is 5. The number of carbonyl (C=O) groups excluding carboxylic acids is 2. The van der Waals surface area contributed by atoms with Crippen LogP contribution in [0.3, 0.4) is 0 Å². The Morgan fingerprint density at radius 3 is 2.75 bits per heavy atom. The molecule has 2 aliphatic heterocycles. The van der Waals surface area contributed by atoms with Crippen molar-refractivity contribution in [2.24, 2.45) is 0 Å². The summed E-state index contributed by atoms with van der Waals surface area (Å²) in [6.07, 6.45) is 2.96. The Morgan fingerprint density at radius 2 is 2.00 bits per heavy atom. The van der Waals surface area contributed by atoms with Gasteiger partial charge in [-0.3, -0.25) is 19.4 Å². The minimum Gasteiger partial charge on any atom is -0.342 e. The monoisotopic (exact) mass is 385 g/mol. The standard InChI is InChI=1S/C19H20FN5O3/c20-11-5-4-6-12(9-11)21-17(27)13-10-14(26)22-16-15(13)18(28)24-19(23-16)25-7-2-1-3-8-25/h4-6,9,13H,1-3,7-8,10H2,(H,21,27)(H2,22,23,24,26,28)/t13-/m1/s1. The van der Waals surface area contributed by atoms with Crippen LogP contribution >= 0.6 is 0 Å². The molecule has 0 saturated carbocycles. The molecular weight excluding hydrogens is 365 g/mol. The number of aromatic nitrogens is 2. The van der Waals surface area contributed by atoms with Gasteiger partial charge in [0.2, 0.25) is 17.8 Å². The first-order valence-corrected chi connectivity index (χ1v) is 9.27. The van der Waals surface area contributed by atoms with Gasteiger partial charge in [0.05, 0.1) is 11.5 Å². The van der Waals surface area contributed by atoms with E-state index in [9.17, 15) is 18.8 Å². The molecule has 1 atom stereocenters. The fraction of sp³-hybridized carbons (Fsp3) is 0.368. The summed E-state index contributed by atoms with van der Waals surface area (Å²) in [5, 5.41) is 5.17. The van der Waals surface area contributed by atoms with Crippen molar-refractivity contribution in [3.8, 4) is 0 Å². The SMILES string of the molecule is O=C1C[C@@H](C(=O)Nc2cccc(F)c2)c2c(nc(N3CCCCC3)[nH]c2=O)N1. The molecule has 146 valence electrons. The van der Waals surface area contributed by atoms with E-state index >= 15 is 0 Å². The van der Waals surface area contributed by atoms with Crippen molar-refractivity contribution < 1.29 is 14.0 Å². The highest BCUT2D eigenvalue weighted by Gasteiger charge is 2.35. The molecule has 3 heterocycles. The minimum atomic E-state index is -1.00. The molecule has 8 nitrogen and oxygen atoms in total. The molecule has 4 rings (SSSR count). The summed E-state index contributed by atoms with van der Waals surface area (Å²) in [6.45, 7) is 1.55. The predicted octanol–water partition coefficient (Wildman–Crippen LogP) is 1.96. The molecule has 0 spiro atoms. The van der Waals surface area contributed by atoms with E-state index in [0.717, 1.165) is 32.4 Å². The first kappa shape index (κ1) is 18.1. The van der Waals surface area contributed by atoms with Gasteiger partial charge in [-0.15, -0.1) is 0 Å². The zero-order valence-corrected chi connectivity index (χ0v) is 15.1. The highest BCUT2D eigenvalue weighted by molar-refractivity contribution is 6.04. The summed E-state index contributed by atoms with van der Waals surface area (Å²) >= 11 is 0. The molecule has 0 radical (unpaired) electrons. The van der Waals surface area contributed by atoms with Crippen LogP contribution in [0.2, 0.25) is 0 Å². The third-order valence-corrected chi connectivity index (χ3v) is 5.00. The largest absolute Gasteiger partial charge is 0.342 e. The van der Waals surface area contributed by atoms with Crippen LogP contribution in [0.25, 0.3) is 0 Å². The lowest BCUT2D eigenvalue weighted by atomic mass is 9.92. The van der Waals surface area contributed by atoms with Crippen molar-refractivity contribution in [1.82, 2.24) is 9.97 Å². The molecule has 28 heavy (non-hydrogen) atoms. The van der Waals surface area contributed by atoms with Crippen LogP contribution < -0.4 is 21.1 Å². The normalized spacial score (nSPS) is 19.0. The lowest BCUT2D eigenvalue weighted by molar-refractivity contribution is -0.123. The first-order chi connectivity index (χ1) is 13.5. The predicted molar refractivity (Wildman–Crippen MR) is 102 cm³/mol. The summed E-state index contributed by atoms with van der Waals surface area (Å²) in [5.41, 5.74) is -0.0777. The van der Waals surface area contributed by atoms with E-state index < -0.39 is 29.1 Å². The maximum atomic E-state index is 13.4. The van der Waals surface area contributed by atoms with Gasteiger partial charge in [0.1, 0.15) is 11.6 Å². The van der Waals surface area contributed by atoms with E-state index in [4.69, 9.17) is 0 Å². The fourth-order valence-corrected chi connectivity index (χ4v) is 3.63. The van der Waals surface area contributed by atoms with Gasteiger partial charge in [-0.2, -0.15) is 4.98 Å². The highest BCUT2D eigenvalue weighted by Crippen LogP contribution is 2.30. The number of piperidine rings is 1. The Balaban J connectivity index is 1.65. The van der Waals surface area contributed by atoms with E-state index in [1.807, 2.05) is 4.90 Å². The molecule has 1 aromatic carbocycles. The number of carbonyl (C=O) groups is 2. The summed E-state index contributed by atoms with van der Waals surface area (Å²) in [5.74, 6) is -1.94. The molecule has 2 amide bonds. The molecule has 1 fully saturated rings. The number of aromatic amines is 1. The van der Waals surface area contributed by atoms with Gasteiger partial charge in [-0.25, -0.2) is 4.39 Å². The fourth-order valence-electron chi connectivity index (χ4n) is 3.63. The zero-order chi connectivity index (χ0) is 19.7. The number of amides is 2. The Kier molecular flexibility index (Phi) is 4.81. The number of rotatable bonds is 3. The number of anilines is 3. The number of nitrogens with one attached hydrogen (secondary N) is 3. The van der Waals surface area contributed by atoms with Crippen molar-refractivity contribution in [1.29, 1.82) is 0 Å². The molecule has 2 aromatic rings. The molecule has 9 heteroatoms. The van der Waals surface area contributed by atoms with E-state index in [0.29, 0.717) is 5.95 Å². The van der Waals surface area contributed by atoms with E-state index in [1.54, 1.807) is 0 Å². The third kappa shape index (κ3) is 3.60. The number of fused-ring (bicyclic) bond motifs is 1. The van der Waals surface area contributed by atoms with Gasteiger partial charge in [-0.1, -0.05) is 6.07 Å². The molecule has 2 aliphatic rings. The molecule has 0 bridgehead atoms. The Morgan fingerprint density at radius 1 is 1.21 bits per heavy atom. The van der Waals surface area contributed by atoms with Crippen molar-refractivity contribution in [2.45, 2.75) is 31.6 Å². The molecular formula is C19H20FN5O3. The molecule has 1 saturated heterocycles. The zero-order valence-electron chi connectivity index (χ0n) is 15.1. The van der Waals surface area contributed by atoms with Crippen LogP contribution in [0.15, 0.2) is 29.1 Å². The lowest BCUT2D eigenvalue weighted by Gasteiger charge is -2.29. The average Bonchev–Trinajstić information content (AvgIpc) is 2.67. The Labute approximate surface area is 160 Å². The molecule has 0 unspecified atom stereocenters. The van der Waals surface area contributed by atoms with E-state index in [-0.39, 0.29) is 23.5 Å². The number of benzene rings is 1.